The summed E-state index contributed by atoms with van der Waals surface area (Å²) in [5.74, 6) is -0.754. The molecular formula is C13H16O5S. The van der Waals surface area contributed by atoms with E-state index in [0.717, 1.165) is 5.56 Å². The van der Waals surface area contributed by atoms with Gasteiger partial charge in [-0.25, -0.2) is 4.79 Å². The Morgan fingerprint density at radius 3 is 2.47 bits per heavy atom. The maximum absolute atomic E-state index is 11.9. The van der Waals surface area contributed by atoms with Crippen molar-refractivity contribution in [3.63, 3.8) is 0 Å². The Morgan fingerprint density at radius 1 is 1.37 bits per heavy atom. The Hall–Kier alpha value is -1.66. The number of hydrogen-bond donors (Lipinski definition) is 0. The molecule has 0 amide bonds. The van der Waals surface area contributed by atoms with Gasteiger partial charge in [0.1, 0.15) is 6.61 Å². The van der Waals surface area contributed by atoms with Crippen molar-refractivity contribution in [2.45, 2.75) is 24.8 Å². The molecule has 1 rings (SSSR count). The zero-order valence-electron chi connectivity index (χ0n) is 10.8. The summed E-state index contributed by atoms with van der Waals surface area (Å²) in [6.45, 7) is 6.55. The van der Waals surface area contributed by atoms with E-state index in [1.54, 1.807) is 12.1 Å². The van der Waals surface area contributed by atoms with E-state index in [-0.39, 0.29) is 11.5 Å². The molecular weight excluding hydrogens is 268 g/mol. The first-order valence-corrected chi connectivity index (χ1v) is 7.05. The van der Waals surface area contributed by atoms with Crippen molar-refractivity contribution in [2.24, 2.45) is 0 Å². The van der Waals surface area contributed by atoms with Crippen LogP contribution in [0.15, 0.2) is 41.8 Å². The molecule has 0 saturated heterocycles. The van der Waals surface area contributed by atoms with E-state index in [9.17, 15) is 13.2 Å². The van der Waals surface area contributed by atoms with Gasteiger partial charge in [-0.2, -0.15) is 8.42 Å². The van der Waals surface area contributed by atoms with Gasteiger partial charge < -0.3 is 4.74 Å². The molecule has 0 aromatic heterocycles. The summed E-state index contributed by atoms with van der Waals surface area (Å²) in [6.07, 6.45) is 0.185. The molecule has 0 aliphatic heterocycles. The first kappa shape index (κ1) is 15.4. The second kappa shape index (κ2) is 6.49. The number of esters is 1. The summed E-state index contributed by atoms with van der Waals surface area (Å²) in [7, 11) is -3.97. The topological polar surface area (TPSA) is 69.7 Å². The van der Waals surface area contributed by atoms with E-state index < -0.39 is 22.2 Å². The Bertz CT molecular complexity index is 545. The highest BCUT2D eigenvalue weighted by Gasteiger charge is 2.24. The van der Waals surface area contributed by atoms with Crippen molar-refractivity contribution in [3.8, 4) is 0 Å². The van der Waals surface area contributed by atoms with E-state index in [1.807, 2.05) is 6.92 Å². The fourth-order valence-corrected chi connectivity index (χ4v) is 2.29. The van der Waals surface area contributed by atoms with Crippen LogP contribution in [0.5, 0.6) is 0 Å². The Kier molecular flexibility index (Phi) is 5.26. The summed E-state index contributed by atoms with van der Waals surface area (Å²) >= 11 is 0. The van der Waals surface area contributed by atoms with Gasteiger partial charge in [0, 0.05) is 0 Å². The van der Waals surface area contributed by atoms with Crippen LogP contribution in [0.3, 0.4) is 0 Å². The molecule has 0 heterocycles. The standard InChI is InChI=1S/C13H16O5S/c1-4-9-17-13(14)11(3)18-19(15,16)12-7-5-10(2)6-8-12/h4-8,11H,1,9H2,2-3H3. The predicted octanol–water partition coefficient (Wildman–Crippen LogP) is 1.82. The predicted molar refractivity (Wildman–Crippen MR) is 70.1 cm³/mol. The van der Waals surface area contributed by atoms with Gasteiger partial charge in [-0.05, 0) is 26.0 Å². The first-order chi connectivity index (χ1) is 8.86. The Balaban J connectivity index is 2.76. The molecule has 0 radical (unpaired) electrons. The van der Waals surface area contributed by atoms with Gasteiger partial charge in [0.2, 0.25) is 0 Å². The molecule has 5 nitrogen and oxygen atoms in total. The van der Waals surface area contributed by atoms with Gasteiger partial charge in [-0.1, -0.05) is 30.4 Å². The molecule has 1 aromatic carbocycles. The Labute approximate surface area is 113 Å². The zero-order chi connectivity index (χ0) is 14.5. The minimum Gasteiger partial charge on any atom is -0.460 e. The summed E-state index contributed by atoms with van der Waals surface area (Å²) in [5.41, 5.74) is 0.928. The van der Waals surface area contributed by atoms with Crippen molar-refractivity contribution < 1.29 is 22.1 Å². The van der Waals surface area contributed by atoms with Crippen LogP contribution in [-0.4, -0.2) is 27.1 Å². The van der Waals surface area contributed by atoms with Crippen LogP contribution < -0.4 is 0 Å². The smallest absolute Gasteiger partial charge is 0.336 e. The number of benzene rings is 1. The normalized spacial score (nSPS) is 12.7. The maximum atomic E-state index is 11.9. The molecule has 0 aliphatic carbocycles. The number of carbonyl (C=O) groups excluding carboxylic acids is 1. The van der Waals surface area contributed by atoms with E-state index in [0.29, 0.717) is 0 Å². The lowest BCUT2D eigenvalue weighted by Crippen LogP contribution is -2.26. The van der Waals surface area contributed by atoms with Crippen LogP contribution in [0.1, 0.15) is 12.5 Å². The van der Waals surface area contributed by atoms with Gasteiger partial charge in [-0.15, -0.1) is 0 Å². The van der Waals surface area contributed by atoms with Crippen LogP contribution in [0.2, 0.25) is 0 Å². The van der Waals surface area contributed by atoms with E-state index in [4.69, 9.17) is 8.92 Å². The van der Waals surface area contributed by atoms with E-state index >= 15 is 0 Å². The number of ether oxygens (including phenoxy) is 1. The molecule has 104 valence electrons. The SMILES string of the molecule is C=CCOC(=O)C(C)OS(=O)(=O)c1ccc(C)cc1. The van der Waals surface area contributed by atoms with Crippen LogP contribution in [-0.2, 0) is 23.8 Å². The molecule has 1 unspecified atom stereocenters. The molecule has 0 spiro atoms. The molecule has 6 heteroatoms. The second-order valence-electron chi connectivity index (χ2n) is 3.92. The van der Waals surface area contributed by atoms with Crippen LogP contribution >= 0.6 is 0 Å². The molecule has 0 saturated carbocycles. The van der Waals surface area contributed by atoms with Gasteiger partial charge in [0.05, 0.1) is 4.90 Å². The summed E-state index contributed by atoms with van der Waals surface area (Å²) in [4.78, 5) is 11.4. The van der Waals surface area contributed by atoms with E-state index in [1.165, 1.54) is 25.1 Å². The zero-order valence-corrected chi connectivity index (χ0v) is 11.6. The molecule has 0 bridgehead atoms. The monoisotopic (exact) mass is 284 g/mol. The lowest BCUT2D eigenvalue weighted by atomic mass is 10.2. The molecule has 1 atom stereocenters. The van der Waals surface area contributed by atoms with Crippen LogP contribution in [0, 0.1) is 6.92 Å². The summed E-state index contributed by atoms with van der Waals surface area (Å²) in [6, 6.07) is 6.15. The lowest BCUT2D eigenvalue weighted by molar-refractivity contribution is -0.149. The largest absolute Gasteiger partial charge is 0.460 e. The van der Waals surface area contributed by atoms with Gasteiger partial charge in [0.15, 0.2) is 6.10 Å². The number of rotatable bonds is 6. The van der Waals surface area contributed by atoms with E-state index in [2.05, 4.69) is 6.58 Å². The molecule has 0 N–H and O–H groups in total. The average Bonchev–Trinajstić information content (AvgIpc) is 2.35. The van der Waals surface area contributed by atoms with Gasteiger partial charge in [0.25, 0.3) is 10.1 Å². The van der Waals surface area contributed by atoms with Crippen LogP contribution in [0.25, 0.3) is 0 Å². The molecule has 0 fully saturated rings. The fourth-order valence-electron chi connectivity index (χ4n) is 1.25. The third-order valence-electron chi connectivity index (χ3n) is 2.26. The van der Waals surface area contributed by atoms with Gasteiger partial charge >= 0.3 is 5.97 Å². The third kappa shape index (κ3) is 4.50. The fraction of sp³-hybridized carbons (Fsp3) is 0.308. The first-order valence-electron chi connectivity index (χ1n) is 5.64. The maximum Gasteiger partial charge on any atom is 0.336 e. The molecule has 1 aromatic rings. The van der Waals surface area contributed by atoms with Crippen LogP contribution in [0.4, 0.5) is 0 Å². The van der Waals surface area contributed by atoms with Crippen molar-refractivity contribution in [1.82, 2.24) is 0 Å². The van der Waals surface area contributed by atoms with Crippen molar-refractivity contribution in [1.29, 1.82) is 0 Å². The number of hydrogen-bond acceptors (Lipinski definition) is 5. The van der Waals surface area contributed by atoms with Crippen molar-refractivity contribution in [3.05, 3.63) is 42.5 Å². The molecule has 19 heavy (non-hydrogen) atoms. The lowest BCUT2D eigenvalue weighted by Gasteiger charge is -2.12. The third-order valence-corrected chi connectivity index (χ3v) is 3.65. The number of carbonyl (C=O) groups is 1. The molecule has 0 aliphatic rings. The quantitative estimate of drug-likeness (QED) is 0.453. The van der Waals surface area contributed by atoms with Crippen molar-refractivity contribution in [2.75, 3.05) is 6.61 Å². The summed E-state index contributed by atoms with van der Waals surface area (Å²) in [5, 5.41) is 0. The average molecular weight is 284 g/mol. The highest BCUT2D eigenvalue weighted by molar-refractivity contribution is 7.86. The highest BCUT2D eigenvalue weighted by atomic mass is 32.2. The minimum absolute atomic E-state index is 0.00136. The van der Waals surface area contributed by atoms with Gasteiger partial charge in [-0.3, -0.25) is 4.18 Å². The Morgan fingerprint density at radius 2 is 1.95 bits per heavy atom. The number of aryl methyl sites for hydroxylation is 1. The highest BCUT2D eigenvalue weighted by Crippen LogP contribution is 2.15. The minimum atomic E-state index is -3.97. The summed E-state index contributed by atoms with van der Waals surface area (Å²) < 4.78 is 33.3. The van der Waals surface area contributed by atoms with Crippen molar-refractivity contribution >= 4 is 16.1 Å². The second-order valence-corrected chi connectivity index (χ2v) is 5.50.